The van der Waals surface area contributed by atoms with Crippen molar-refractivity contribution in [2.45, 2.75) is 12.2 Å². The molecule has 0 aliphatic rings. The number of ether oxygens (including phenoxy) is 1. The largest absolute Gasteiger partial charge is 0.495 e. The monoisotopic (exact) mass is 256 g/mol. The van der Waals surface area contributed by atoms with E-state index in [1.54, 1.807) is 0 Å². The molecule has 1 aromatic carbocycles. The van der Waals surface area contributed by atoms with Gasteiger partial charge in [-0.05, 0) is 11.6 Å². The smallest absolute Gasteiger partial charge is 0.142 e. The Bertz CT molecular complexity index is 476. The standard InChI is InChI=1S/C10H13FN4O3/c1-18-9-2-5(6(11)3-7(9)12)10(17)8(16)4-14-15-13/h2-3,8,10,16-17H,4,12H2,1H3. The molecular weight excluding hydrogens is 243 g/mol. The zero-order valence-electron chi connectivity index (χ0n) is 9.62. The molecule has 4 N–H and O–H groups in total. The Morgan fingerprint density at radius 2 is 2.22 bits per heavy atom. The highest BCUT2D eigenvalue weighted by Crippen LogP contribution is 2.30. The van der Waals surface area contributed by atoms with E-state index < -0.39 is 18.0 Å². The highest BCUT2D eigenvalue weighted by Gasteiger charge is 2.22. The minimum atomic E-state index is -1.54. The SMILES string of the molecule is COc1cc(C(O)C(O)CN=[N+]=[N-])c(F)cc1N. The molecule has 1 aromatic rings. The molecule has 2 unspecified atom stereocenters. The zero-order valence-corrected chi connectivity index (χ0v) is 9.62. The first-order chi connectivity index (χ1) is 8.51. The average Bonchev–Trinajstić information content (AvgIpc) is 2.35. The van der Waals surface area contributed by atoms with Gasteiger partial charge in [0.25, 0.3) is 0 Å². The number of aliphatic hydroxyl groups excluding tert-OH is 2. The van der Waals surface area contributed by atoms with Gasteiger partial charge in [-0.3, -0.25) is 0 Å². The summed E-state index contributed by atoms with van der Waals surface area (Å²) < 4.78 is 18.5. The number of anilines is 1. The number of halogens is 1. The van der Waals surface area contributed by atoms with Crippen molar-refractivity contribution in [3.05, 3.63) is 34.0 Å². The summed E-state index contributed by atoms with van der Waals surface area (Å²) in [6.07, 6.45) is -2.95. The number of hydrogen-bond acceptors (Lipinski definition) is 5. The third-order valence-electron chi connectivity index (χ3n) is 2.36. The van der Waals surface area contributed by atoms with Gasteiger partial charge in [0.15, 0.2) is 0 Å². The first-order valence-electron chi connectivity index (χ1n) is 5.01. The molecule has 0 spiro atoms. The molecule has 0 bridgehead atoms. The van der Waals surface area contributed by atoms with Crippen LogP contribution < -0.4 is 10.5 Å². The quantitative estimate of drug-likeness (QED) is 0.316. The molecule has 18 heavy (non-hydrogen) atoms. The Morgan fingerprint density at radius 3 is 2.78 bits per heavy atom. The molecule has 0 amide bonds. The number of methoxy groups -OCH3 is 1. The number of benzene rings is 1. The molecule has 98 valence electrons. The van der Waals surface area contributed by atoms with Crippen molar-refractivity contribution in [3.63, 3.8) is 0 Å². The lowest BCUT2D eigenvalue weighted by Crippen LogP contribution is -2.22. The molecule has 2 atom stereocenters. The van der Waals surface area contributed by atoms with E-state index in [4.69, 9.17) is 16.0 Å². The fourth-order valence-corrected chi connectivity index (χ4v) is 1.42. The maximum atomic E-state index is 13.6. The van der Waals surface area contributed by atoms with Crippen LogP contribution in [-0.2, 0) is 0 Å². The van der Waals surface area contributed by atoms with Gasteiger partial charge in [0.1, 0.15) is 17.7 Å². The van der Waals surface area contributed by atoms with Crippen LogP contribution in [0.5, 0.6) is 5.75 Å². The Balaban J connectivity index is 3.04. The topological polar surface area (TPSA) is 124 Å². The zero-order chi connectivity index (χ0) is 13.7. The lowest BCUT2D eigenvalue weighted by Gasteiger charge is -2.18. The van der Waals surface area contributed by atoms with E-state index in [1.807, 2.05) is 0 Å². The van der Waals surface area contributed by atoms with E-state index in [9.17, 15) is 14.6 Å². The molecule has 1 rings (SSSR count). The summed E-state index contributed by atoms with van der Waals surface area (Å²) in [6, 6.07) is 2.17. The number of hydrogen-bond donors (Lipinski definition) is 3. The van der Waals surface area contributed by atoms with Crippen molar-refractivity contribution < 1.29 is 19.3 Å². The van der Waals surface area contributed by atoms with E-state index in [2.05, 4.69) is 10.0 Å². The Kier molecular flexibility index (Phi) is 4.73. The van der Waals surface area contributed by atoms with Crippen molar-refractivity contribution in [1.82, 2.24) is 0 Å². The molecule has 0 saturated carbocycles. The minimum Gasteiger partial charge on any atom is -0.495 e. The van der Waals surface area contributed by atoms with Crippen LogP contribution in [0.15, 0.2) is 17.2 Å². The first-order valence-corrected chi connectivity index (χ1v) is 5.01. The van der Waals surface area contributed by atoms with Crippen LogP contribution in [0.4, 0.5) is 10.1 Å². The van der Waals surface area contributed by atoms with Crippen molar-refractivity contribution in [2.24, 2.45) is 5.11 Å². The van der Waals surface area contributed by atoms with Gasteiger partial charge in [-0.25, -0.2) is 4.39 Å². The van der Waals surface area contributed by atoms with Crippen LogP contribution in [0.3, 0.4) is 0 Å². The summed E-state index contributed by atoms with van der Waals surface area (Å²) >= 11 is 0. The van der Waals surface area contributed by atoms with E-state index >= 15 is 0 Å². The van der Waals surface area contributed by atoms with Crippen LogP contribution in [-0.4, -0.2) is 30.0 Å². The van der Waals surface area contributed by atoms with Gasteiger partial charge in [0.05, 0.1) is 25.4 Å². The maximum Gasteiger partial charge on any atom is 0.142 e. The van der Waals surface area contributed by atoms with Crippen LogP contribution >= 0.6 is 0 Å². The van der Waals surface area contributed by atoms with Crippen LogP contribution in [0.25, 0.3) is 10.4 Å². The van der Waals surface area contributed by atoms with E-state index in [1.165, 1.54) is 13.2 Å². The van der Waals surface area contributed by atoms with Crippen molar-refractivity contribution in [1.29, 1.82) is 0 Å². The highest BCUT2D eigenvalue weighted by atomic mass is 19.1. The number of azide groups is 1. The molecule has 0 radical (unpaired) electrons. The fraction of sp³-hybridized carbons (Fsp3) is 0.400. The number of aliphatic hydroxyl groups is 2. The second-order valence-corrected chi connectivity index (χ2v) is 3.54. The first kappa shape index (κ1) is 14.0. The van der Waals surface area contributed by atoms with E-state index in [-0.39, 0.29) is 23.5 Å². The van der Waals surface area contributed by atoms with Gasteiger partial charge >= 0.3 is 0 Å². The van der Waals surface area contributed by atoms with Crippen molar-refractivity contribution >= 4 is 5.69 Å². The fourth-order valence-electron chi connectivity index (χ4n) is 1.42. The molecule has 8 heteroatoms. The van der Waals surface area contributed by atoms with Gasteiger partial charge in [0, 0.05) is 16.5 Å². The summed E-state index contributed by atoms with van der Waals surface area (Å²) in [7, 11) is 1.34. The van der Waals surface area contributed by atoms with E-state index in [0.717, 1.165) is 6.07 Å². The lowest BCUT2D eigenvalue weighted by molar-refractivity contribution is 0.0221. The molecule has 7 nitrogen and oxygen atoms in total. The Labute approximate surface area is 102 Å². The van der Waals surface area contributed by atoms with Gasteiger partial charge < -0.3 is 20.7 Å². The summed E-state index contributed by atoms with van der Waals surface area (Å²) in [5, 5.41) is 22.3. The number of rotatable bonds is 5. The molecule has 0 aliphatic carbocycles. The predicted molar refractivity (Wildman–Crippen MR) is 62.3 cm³/mol. The maximum absolute atomic E-state index is 13.6. The van der Waals surface area contributed by atoms with Gasteiger partial charge in [0.2, 0.25) is 0 Å². The summed E-state index contributed by atoms with van der Waals surface area (Å²) in [6.45, 7) is -0.371. The molecule has 0 heterocycles. The second kappa shape index (κ2) is 6.06. The number of nitrogens with two attached hydrogens (primary N) is 1. The van der Waals surface area contributed by atoms with E-state index in [0.29, 0.717) is 0 Å². The highest BCUT2D eigenvalue weighted by molar-refractivity contribution is 5.54. The normalized spacial score (nSPS) is 13.6. The van der Waals surface area contributed by atoms with Crippen molar-refractivity contribution in [2.75, 3.05) is 19.4 Å². The molecule has 0 aliphatic heterocycles. The van der Waals surface area contributed by atoms with Gasteiger partial charge in [-0.15, -0.1) is 0 Å². The third-order valence-corrected chi connectivity index (χ3v) is 2.36. The van der Waals surface area contributed by atoms with Crippen LogP contribution in [0, 0.1) is 5.82 Å². The lowest BCUT2D eigenvalue weighted by atomic mass is 10.0. The molecule has 0 aromatic heterocycles. The van der Waals surface area contributed by atoms with Gasteiger partial charge in [-0.1, -0.05) is 5.11 Å². The minimum absolute atomic E-state index is 0.0792. The Hall–Kier alpha value is -2.02. The summed E-state index contributed by atoms with van der Waals surface area (Å²) in [4.78, 5) is 2.44. The predicted octanol–water partition coefficient (Wildman–Crippen LogP) is 1.12. The summed E-state index contributed by atoms with van der Waals surface area (Å²) in [5.41, 5.74) is 13.5. The van der Waals surface area contributed by atoms with Crippen LogP contribution in [0.2, 0.25) is 0 Å². The molecular formula is C10H13FN4O3. The van der Waals surface area contributed by atoms with Gasteiger partial charge in [-0.2, -0.15) is 0 Å². The third kappa shape index (κ3) is 3.01. The average molecular weight is 256 g/mol. The van der Waals surface area contributed by atoms with Crippen molar-refractivity contribution in [3.8, 4) is 5.75 Å². The number of nitrogens with zero attached hydrogens (tertiary/aromatic N) is 3. The number of nitrogen functional groups attached to an aromatic ring is 1. The van der Waals surface area contributed by atoms with Crippen LogP contribution in [0.1, 0.15) is 11.7 Å². The molecule has 0 saturated heterocycles. The second-order valence-electron chi connectivity index (χ2n) is 3.54. The molecule has 0 fully saturated rings. The Morgan fingerprint density at radius 1 is 1.56 bits per heavy atom. The summed E-state index contributed by atoms with van der Waals surface area (Å²) in [5.74, 6) is -0.595.